The lowest BCUT2D eigenvalue weighted by molar-refractivity contribution is 0.102. The number of halogens is 1. The molecule has 2 heterocycles. The van der Waals surface area contributed by atoms with Gasteiger partial charge in [-0.25, -0.2) is 0 Å². The highest BCUT2D eigenvalue weighted by atomic mass is 35.5. The molecule has 2 aromatic rings. The van der Waals surface area contributed by atoms with Crippen molar-refractivity contribution in [3.8, 4) is 5.88 Å². The molecule has 0 atom stereocenters. The first kappa shape index (κ1) is 17.4. The number of piperidine rings is 1. The molecular weight excluding hydrogens is 342 g/mol. The molecule has 0 saturated carbocycles. The minimum absolute atomic E-state index is 0.0480. The Kier molecular flexibility index (Phi) is 5.35. The summed E-state index contributed by atoms with van der Waals surface area (Å²) in [4.78, 5) is 22.7. The first-order chi connectivity index (χ1) is 12.0. The lowest BCUT2D eigenvalue weighted by atomic mass is 10.1. The zero-order valence-corrected chi connectivity index (χ0v) is 14.7. The molecule has 1 aromatic heterocycles. The van der Waals surface area contributed by atoms with Gasteiger partial charge in [-0.1, -0.05) is 17.7 Å². The molecule has 3 rings (SSSR count). The van der Waals surface area contributed by atoms with Crippen LogP contribution in [-0.4, -0.2) is 47.0 Å². The number of nitrogens with zero attached hydrogens (tertiary/aromatic N) is 3. The molecule has 8 heteroatoms. The molecule has 0 unspecified atom stereocenters. The van der Waals surface area contributed by atoms with Gasteiger partial charge in [-0.2, -0.15) is 9.97 Å². The zero-order valence-electron chi connectivity index (χ0n) is 13.9. The number of carbonyl (C=O) groups is 1. The highest BCUT2D eigenvalue weighted by molar-refractivity contribution is 6.31. The molecule has 7 nitrogen and oxygen atoms in total. The summed E-state index contributed by atoms with van der Waals surface area (Å²) in [5.74, 6) is 0.376. The van der Waals surface area contributed by atoms with Crippen molar-refractivity contribution < 1.29 is 9.53 Å². The molecule has 132 valence electrons. The second-order valence-electron chi connectivity index (χ2n) is 6.03. The summed E-state index contributed by atoms with van der Waals surface area (Å²) < 4.78 is 5.90. The van der Waals surface area contributed by atoms with E-state index in [2.05, 4.69) is 27.2 Å². The largest absolute Gasteiger partial charge is 0.474 e. The van der Waals surface area contributed by atoms with E-state index in [1.54, 1.807) is 30.3 Å². The van der Waals surface area contributed by atoms with Crippen LogP contribution in [0.4, 0.5) is 11.8 Å². The number of likely N-dealkylation sites (tertiary alicyclic amines) is 1. The Labute approximate surface area is 151 Å². The average molecular weight is 362 g/mol. The fraction of sp³-hybridized carbons (Fsp3) is 0.353. The fourth-order valence-electron chi connectivity index (χ4n) is 2.66. The number of nitrogens with one attached hydrogen (secondary N) is 1. The lowest BCUT2D eigenvalue weighted by Gasteiger charge is -2.28. The predicted molar refractivity (Wildman–Crippen MR) is 97.0 cm³/mol. The Hall–Kier alpha value is -2.38. The van der Waals surface area contributed by atoms with Gasteiger partial charge in [0.1, 0.15) is 11.9 Å². The van der Waals surface area contributed by atoms with Crippen molar-refractivity contribution in [3.05, 3.63) is 40.9 Å². The molecule has 0 spiro atoms. The van der Waals surface area contributed by atoms with E-state index in [-0.39, 0.29) is 18.0 Å². The highest BCUT2D eigenvalue weighted by Crippen LogP contribution is 2.21. The second kappa shape index (κ2) is 7.67. The van der Waals surface area contributed by atoms with Crippen LogP contribution in [0.3, 0.4) is 0 Å². The molecule has 1 fully saturated rings. The molecule has 1 amide bonds. The lowest BCUT2D eigenvalue weighted by Crippen LogP contribution is -2.35. The van der Waals surface area contributed by atoms with Crippen LogP contribution in [0.2, 0.25) is 5.02 Å². The molecule has 1 saturated heterocycles. The number of hydrogen-bond acceptors (Lipinski definition) is 6. The van der Waals surface area contributed by atoms with Crippen LogP contribution in [0, 0.1) is 0 Å². The number of benzene rings is 1. The van der Waals surface area contributed by atoms with E-state index in [1.165, 1.54) is 0 Å². The Morgan fingerprint density at radius 1 is 1.32 bits per heavy atom. The summed E-state index contributed by atoms with van der Waals surface area (Å²) in [5.41, 5.74) is 6.18. The zero-order chi connectivity index (χ0) is 17.8. The van der Waals surface area contributed by atoms with E-state index in [0.29, 0.717) is 22.3 Å². The summed E-state index contributed by atoms with van der Waals surface area (Å²) >= 11 is 5.91. The van der Waals surface area contributed by atoms with E-state index in [4.69, 9.17) is 22.1 Å². The van der Waals surface area contributed by atoms with Gasteiger partial charge in [0.25, 0.3) is 5.91 Å². The average Bonchev–Trinajstić information content (AvgIpc) is 2.56. The van der Waals surface area contributed by atoms with Gasteiger partial charge in [-0.15, -0.1) is 0 Å². The number of rotatable bonds is 4. The van der Waals surface area contributed by atoms with Crippen molar-refractivity contribution in [1.82, 2.24) is 14.9 Å². The molecule has 1 aromatic carbocycles. The monoisotopic (exact) mass is 361 g/mol. The van der Waals surface area contributed by atoms with Crippen molar-refractivity contribution in [2.75, 3.05) is 31.2 Å². The van der Waals surface area contributed by atoms with Gasteiger partial charge in [0.05, 0.1) is 0 Å². The normalized spacial score (nSPS) is 15.8. The number of carbonyl (C=O) groups excluding carboxylic acids is 1. The summed E-state index contributed by atoms with van der Waals surface area (Å²) in [6.45, 7) is 1.95. The standard InChI is InChI=1S/C17H20ClN5O2/c1-23-7-5-13(6-8-23)25-15-10-14(21-17(19)22-15)20-16(24)11-3-2-4-12(18)9-11/h2-4,9-10,13H,5-8H2,1H3,(H3,19,20,21,22,24). The SMILES string of the molecule is CN1CCC(Oc2cc(NC(=O)c3cccc(Cl)c3)nc(N)n2)CC1. The number of nitrogens with two attached hydrogens (primary N) is 1. The molecule has 0 bridgehead atoms. The van der Waals surface area contributed by atoms with Crippen LogP contribution in [0.5, 0.6) is 5.88 Å². The minimum atomic E-state index is -0.328. The molecule has 25 heavy (non-hydrogen) atoms. The van der Waals surface area contributed by atoms with Crippen LogP contribution in [0.25, 0.3) is 0 Å². The van der Waals surface area contributed by atoms with Crippen LogP contribution >= 0.6 is 11.6 Å². The van der Waals surface area contributed by atoms with Crippen LogP contribution < -0.4 is 15.8 Å². The smallest absolute Gasteiger partial charge is 0.256 e. The highest BCUT2D eigenvalue weighted by Gasteiger charge is 2.19. The Morgan fingerprint density at radius 3 is 2.80 bits per heavy atom. The first-order valence-corrected chi connectivity index (χ1v) is 8.44. The van der Waals surface area contributed by atoms with E-state index in [0.717, 1.165) is 25.9 Å². The fourth-order valence-corrected chi connectivity index (χ4v) is 2.85. The first-order valence-electron chi connectivity index (χ1n) is 8.06. The van der Waals surface area contributed by atoms with Gasteiger partial charge < -0.3 is 20.7 Å². The Morgan fingerprint density at radius 2 is 2.08 bits per heavy atom. The number of amides is 1. The minimum Gasteiger partial charge on any atom is -0.474 e. The van der Waals surface area contributed by atoms with E-state index >= 15 is 0 Å². The third-order valence-corrected chi connectivity index (χ3v) is 4.24. The van der Waals surface area contributed by atoms with Crippen LogP contribution in [-0.2, 0) is 0 Å². The van der Waals surface area contributed by atoms with Gasteiger partial charge >= 0.3 is 0 Å². The number of nitrogen functional groups attached to an aromatic ring is 1. The second-order valence-corrected chi connectivity index (χ2v) is 6.47. The number of hydrogen-bond donors (Lipinski definition) is 2. The van der Waals surface area contributed by atoms with Gasteiger partial charge in [0, 0.05) is 29.7 Å². The maximum atomic E-state index is 12.3. The van der Waals surface area contributed by atoms with Gasteiger partial charge in [0.2, 0.25) is 11.8 Å². The molecule has 0 aliphatic carbocycles. The molecular formula is C17H20ClN5O2. The predicted octanol–water partition coefficient (Wildman–Crippen LogP) is 2.44. The van der Waals surface area contributed by atoms with Gasteiger partial charge in [0.15, 0.2) is 0 Å². The maximum Gasteiger partial charge on any atom is 0.256 e. The summed E-state index contributed by atoms with van der Waals surface area (Å²) in [6, 6.07) is 8.24. The molecule has 1 aliphatic heterocycles. The van der Waals surface area contributed by atoms with E-state index in [1.807, 2.05) is 0 Å². The molecule has 3 N–H and O–H groups in total. The van der Waals surface area contributed by atoms with Crippen LogP contribution in [0.1, 0.15) is 23.2 Å². The van der Waals surface area contributed by atoms with Gasteiger partial charge in [-0.3, -0.25) is 4.79 Å². The van der Waals surface area contributed by atoms with E-state index in [9.17, 15) is 4.79 Å². The summed E-state index contributed by atoms with van der Waals surface area (Å²) in [7, 11) is 2.09. The van der Waals surface area contributed by atoms with Gasteiger partial charge in [-0.05, 0) is 38.1 Å². The Balaban J connectivity index is 1.70. The topological polar surface area (TPSA) is 93.4 Å². The molecule has 0 radical (unpaired) electrons. The number of anilines is 2. The third-order valence-electron chi connectivity index (χ3n) is 4.00. The quantitative estimate of drug-likeness (QED) is 0.868. The van der Waals surface area contributed by atoms with Crippen molar-refractivity contribution >= 4 is 29.3 Å². The van der Waals surface area contributed by atoms with Crippen molar-refractivity contribution in [3.63, 3.8) is 0 Å². The van der Waals surface area contributed by atoms with E-state index < -0.39 is 0 Å². The third kappa shape index (κ3) is 4.80. The summed E-state index contributed by atoms with van der Waals surface area (Å²) in [6.07, 6.45) is 1.93. The molecule has 1 aliphatic rings. The van der Waals surface area contributed by atoms with Crippen molar-refractivity contribution in [2.45, 2.75) is 18.9 Å². The Bertz CT molecular complexity index is 762. The van der Waals surface area contributed by atoms with Crippen molar-refractivity contribution in [2.24, 2.45) is 0 Å². The maximum absolute atomic E-state index is 12.3. The van der Waals surface area contributed by atoms with Crippen molar-refractivity contribution in [1.29, 1.82) is 0 Å². The summed E-state index contributed by atoms with van der Waals surface area (Å²) in [5, 5.41) is 3.18. The van der Waals surface area contributed by atoms with Crippen LogP contribution in [0.15, 0.2) is 30.3 Å². The number of aromatic nitrogens is 2. The number of ether oxygens (including phenoxy) is 1.